The molecule has 0 aromatic heterocycles. The zero-order chi connectivity index (χ0) is 17.0. The quantitative estimate of drug-likeness (QED) is 0.406. The van der Waals surface area contributed by atoms with E-state index in [0.29, 0.717) is 5.46 Å². The lowest BCUT2D eigenvalue weighted by molar-refractivity contribution is 0.426. The topological polar surface area (TPSA) is 40.5 Å². The van der Waals surface area contributed by atoms with E-state index >= 15 is 0 Å². The van der Waals surface area contributed by atoms with Crippen molar-refractivity contribution in [2.75, 3.05) is 0 Å². The molecule has 0 aliphatic rings. The monoisotopic (exact) mass is 306 g/mol. The van der Waals surface area contributed by atoms with E-state index in [1.807, 2.05) is 52.0 Å². The summed E-state index contributed by atoms with van der Waals surface area (Å²) in [5, 5.41) is 25.7. The summed E-state index contributed by atoms with van der Waals surface area (Å²) in [7, 11) is -1.44. The van der Waals surface area contributed by atoms with Gasteiger partial charge in [-0.15, -0.1) is 0 Å². The molecule has 2 N–H and O–H groups in total. The lowest BCUT2D eigenvalue weighted by Crippen LogP contribution is -2.30. The number of hydrogen-bond donors (Lipinski definition) is 2. The van der Waals surface area contributed by atoms with Gasteiger partial charge in [0, 0.05) is 0 Å². The molecule has 3 heteroatoms. The van der Waals surface area contributed by atoms with Gasteiger partial charge < -0.3 is 10.0 Å². The first kappa shape index (κ1) is 17.3. The van der Waals surface area contributed by atoms with Gasteiger partial charge in [-0.25, -0.2) is 0 Å². The standard InChI is InChI=1S/C16H11BO2.2C2H6/c18-17(19)14-9-7-12-5-4-10-2-1-3-11-6-8-13(14)16(12)15(10)11;2*1-2/h1-9,18-19H;2*1-2H3. The number of rotatable bonds is 1. The van der Waals surface area contributed by atoms with Gasteiger partial charge in [-0.2, -0.15) is 0 Å². The summed E-state index contributed by atoms with van der Waals surface area (Å²) in [5.41, 5.74) is 0.561. The van der Waals surface area contributed by atoms with E-state index in [1.54, 1.807) is 6.07 Å². The van der Waals surface area contributed by atoms with Crippen LogP contribution < -0.4 is 5.46 Å². The molecule has 0 atom stereocenters. The second kappa shape index (κ2) is 7.45. The average molecular weight is 306 g/mol. The molecule has 0 saturated heterocycles. The van der Waals surface area contributed by atoms with Gasteiger partial charge in [0.05, 0.1) is 0 Å². The summed E-state index contributed by atoms with van der Waals surface area (Å²) in [4.78, 5) is 0. The number of benzene rings is 4. The smallest absolute Gasteiger partial charge is 0.423 e. The van der Waals surface area contributed by atoms with Gasteiger partial charge in [0.25, 0.3) is 0 Å². The second-order valence-corrected chi connectivity index (χ2v) is 4.88. The molecule has 0 saturated carbocycles. The fourth-order valence-electron chi connectivity index (χ4n) is 2.98. The summed E-state index contributed by atoms with van der Waals surface area (Å²) >= 11 is 0. The third-order valence-corrected chi connectivity index (χ3v) is 3.84. The van der Waals surface area contributed by atoms with Crippen molar-refractivity contribution in [3.8, 4) is 0 Å². The molecule has 0 aliphatic carbocycles. The highest BCUT2D eigenvalue weighted by molar-refractivity contribution is 6.62. The first-order chi connectivity index (χ1) is 11.3. The van der Waals surface area contributed by atoms with Crippen LogP contribution in [-0.4, -0.2) is 17.2 Å². The third kappa shape index (κ3) is 2.90. The highest BCUT2D eigenvalue weighted by Gasteiger charge is 2.17. The van der Waals surface area contributed by atoms with Crippen molar-refractivity contribution in [3.63, 3.8) is 0 Å². The molecule has 0 fully saturated rings. The molecular formula is C20H23BO2. The minimum atomic E-state index is -1.44. The Balaban J connectivity index is 0.000000448. The van der Waals surface area contributed by atoms with Crippen LogP contribution in [0.4, 0.5) is 0 Å². The molecule has 0 bridgehead atoms. The predicted octanol–water partition coefficient (Wildman–Crippen LogP) is 4.32. The Labute approximate surface area is 137 Å². The maximum Gasteiger partial charge on any atom is 0.489 e. The van der Waals surface area contributed by atoms with Crippen LogP contribution in [0.25, 0.3) is 32.3 Å². The molecule has 4 aromatic carbocycles. The van der Waals surface area contributed by atoms with Gasteiger partial charge in [0.1, 0.15) is 0 Å². The van der Waals surface area contributed by atoms with Crippen molar-refractivity contribution in [3.05, 3.63) is 54.6 Å². The van der Waals surface area contributed by atoms with Crippen molar-refractivity contribution in [1.29, 1.82) is 0 Å². The molecular weight excluding hydrogens is 283 g/mol. The van der Waals surface area contributed by atoms with E-state index in [2.05, 4.69) is 24.3 Å². The van der Waals surface area contributed by atoms with Gasteiger partial charge in [0.15, 0.2) is 0 Å². The maximum absolute atomic E-state index is 9.51. The van der Waals surface area contributed by atoms with Crippen LogP contribution in [0.2, 0.25) is 0 Å². The van der Waals surface area contributed by atoms with Gasteiger partial charge in [0.2, 0.25) is 0 Å². The lowest BCUT2D eigenvalue weighted by Gasteiger charge is -2.13. The third-order valence-electron chi connectivity index (χ3n) is 3.84. The molecule has 2 nitrogen and oxygen atoms in total. The zero-order valence-corrected chi connectivity index (χ0v) is 14.2. The molecule has 0 aliphatic heterocycles. The molecule has 0 spiro atoms. The highest BCUT2D eigenvalue weighted by Crippen LogP contribution is 2.33. The van der Waals surface area contributed by atoms with E-state index in [4.69, 9.17) is 0 Å². The normalized spacial score (nSPS) is 10.2. The van der Waals surface area contributed by atoms with Gasteiger partial charge in [-0.05, 0) is 37.8 Å². The SMILES string of the molecule is CC.CC.OB(O)c1ccc2ccc3cccc4ccc1c2c34. The Morgan fingerprint density at radius 1 is 0.609 bits per heavy atom. The Morgan fingerprint density at radius 2 is 1.09 bits per heavy atom. The summed E-state index contributed by atoms with van der Waals surface area (Å²) in [6, 6.07) is 18.1. The van der Waals surface area contributed by atoms with Crippen LogP contribution in [-0.2, 0) is 0 Å². The van der Waals surface area contributed by atoms with Gasteiger partial charge >= 0.3 is 7.12 Å². The Kier molecular flexibility index (Phi) is 5.59. The van der Waals surface area contributed by atoms with Crippen LogP contribution in [0.5, 0.6) is 0 Å². The average Bonchev–Trinajstić information content (AvgIpc) is 2.63. The van der Waals surface area contributed by atoms with Crippen LogP contribution in [0.3, 0.4) is 0 Å². The summed E-state index contributed by atoms with van der Waals surface area (Å²) in [5.74, 6) is 0. The van der Waals surface area contributed by atoms with Gasteiger partial charge in [-0.3, -0.25) is 0 Å². The molecule has 0 radical (unpaired) electrons. The summed E-state index contributed by atoms with van der Waals surface area (Å²) < 4.78 is 0. The minimum absolute atomic E-state index is 0.561. The molecule has 23 heavy (non-hydrogen) atoms. The molecule has 0 amide bonds. The largest absolute Gasteiger partial charge is 0.489 e. The first-order valence-electron chi connectivity index (χ1n) is 8.28. The molecule has 118 valence electrons. The van der Waals surface area contributed by atoms with E-state index < -0.39 is 7.12 Å². The van der Waals surface area contributed by atoms with Crippen molar-refractivity contribution < 1.29 is 10.0 Å². The number of hydrogen-bond acceptors (Lipinski definition) is 2. The van der Waals surface area contributed by atoms with Crippen LogP contribution in [0, 0.1) is 0 Å². The minimum Gasteiger partial charge on any atom is -0.423 e. The van der Waals surface area contributed by atoms with Crippen LogP contribution in [0.15, 0.2) is 54.6 Å². The Hall–Kier alpha value is -2.10. The fourth-order valence-corrected chi connectivity index (χ4v) is 2.98. The van der Waals surface area contributed by atoms with E-state index in [-0.39, 0.29) is 0 Å². The van der Waals surface area contributed by atoms with Crippen LogP contribution in [0.1, 0.15) is 27.7 Å². The lowest BCUT2D eigenvalue weighted by atomic mass is 9.75. The molecule has 0 heterocycles. The Morgan fingerprint density at radius 3 is 1.65 bits per heavy atom. The van der Waals surface area contributed by atoms with E-state index in [0.717, 1.165) is 16.2 Å². The Bertz CT molecular complexity index is 884. The van der Waals surface area contributed by atoms with Crippen molar-refractivity contribution in [2.45, 2.75) is 27.7 Å². The predicted molar refractivity (Wildman–Crippen MR) is 103 cm³/mol. The van der Waals surface area contributed by atoms with Crippen LogP contribution >= 0.6 is 0 Å². The summed E-state index contributed by atoms with van der Waals surface area (Å²) in [6.07, 6.45) is 0. The second-order valence-electron chi connectivity index (χ2n) is 4.88. The first-order valence-corrected chi connectivity index (χ1v) is 8.28. The van der Waals surface area contributed by atoms with Gasteiger partial charge in [-0.1, -0.05) is 82.3 Å². The highest BCUT2D eigenvalue weighted by atomic mass is 16.4. The molecule has 0 unspecified atom stereocenters. The molecule has 4 rings (SSSR count). The van der Waals surface area contributed by atoms with Crippen molar-refractivity contribution in [2.24, 2.45) is 0 Å². The van der Waals surface area contributed by atoms with E-state index in [1.165, 1.54) is 16.2 Å². The molecule has 4 aromatic rings. The maximum atomic E-state index is 9.51. The zero-order valence-electron chi connectivity index (χ0n) is 14.2. The van der Waals surface area contributed by atoms with E-state index in [9.17, 15) is 10.0 Å². The summed E-state index contributed by atoms with van der Waals surface area (Å²) in [6.45, 7) is 8.00. The fraction of sp³-hybridized carbons (Fsp3) is 0.200. The van der Waals surface area contributed by atoms with Crippen molar-refractivity contribution in [1.82, 2.24) is 0 Å². The van der Waals surface area contributed by atoms with Crippen molar-refractivity contribution >= 4 is 44.9 Å².